The molecular formula is C63H42N6. The van der Waals surface area contributed by atoms with Gasteiger partial charge in [-0.1, -0.05) is 182 Å². The number of nitrogens with zero attached hydrogens (tertiary/aromatic N) is 5. The molecule has 1 unspecified atom stereocenters. The third-order valence-electron chi connectivity index (χ3n) is 13.9. The monoisotopic (exact) mass is 882 g/mol. The van der Waals surface area contributed by atoms with Gasteiger partial charge in [-0.2, -0.15) is 0 Å². The van der Waals surface area contributed by atoms with E-state index in [1.54, 1.807) is 0 Å². The van der Waals surface area contributed by atoms with Crippen LogP contribution in [0.3, 0.4) is 0 Å². The van der Waals surface area contributed by atoms with E-state index in [0.717, 1.165) is 72.7 Å². The van der Waals surface area contributed by atoms with E-state index in [4.69, 9.17) is 9.98 Å². The van der Waals surface area contributed by atoms with Crippen molar-refractivity contribution in [1.82, 2.24) is 19.0 Å². The van der Waals surface area contributed by atoms with Crippen LogP contribution in [-0.4, -0.2) is 25.4 Å². The molecule has 0 radical (unpaired) electrons. The average molecular weight is 883 g/mol. The minimum absolute atomic E-state index is 0.446. The summed E-state index contributed by atoms with van der Waals surface area (Å²) in [6.45, 7) is 0. The van der Waals surface area contributed by atoms with Gasteiger partial charge in [0, 0.05) is 60.4 Å². The van der Waals surface area contributed by atoms with E-state index in [0.29, 0.717) is 5.84 Å². The molecule has 14 rings (SSSR count). The first kappa shape index (κ1) is 39.0. The second-order valence-electron chi connectivity index (χ2n) is 17.7. The number of rotatable bonds is 7. The van der Waals surface area contributed by atoms with Crippen molar-refractivity contribution in [3.8, 4) is 28.2 Å². The lowest BCUT2D eigenvalue weighted by Gasteiger charge is -2.26. The van der Waals surface area contributed by atoms with Gasteiger partial charge < -0.3 is 19.0 Å². The second-order valence-corrected chi connectivity index (χ2v) is 17.7. The van der Waals surface area contributed by atoms with E-state index in [-0.39, 0.29) is 0 Å². The topological polar surface area (TPSA) is 51.5 Å². The molecule has 0 bridgehead atoms. The third-order valence-corrected chi connectivity index (χ3v) is 13.9. The molecule has 6 nitrogen and oxygen atoms in total. The number of hydrogen-bond donors (Lipinski definition) is 1. The Morgan fingerprint density at radius 2 is 0.841 bits per heavy atom. The number of nitrogens with one attached hydrogen (secondary N) is 1. The number of fused-ring (bicyclic) bond motifs is 9. The zero-order chi connectivity index (χ0) is 45.4. The van der Waals surface area contributed by atoms with Crippen molar-refractivity contribution in [2.45, 2.75) is 6.17 Å². The molecule has 0 aliphatic carbocycles. The molecule has 0 saturated carbocycles. The molecule has 3 aromatic heterocycles. The van der Waals surface area contributed by atoms with Crippen molar-refractivity contribution in [3.05, 3.63) is 259 Å². The Morgan fingerprint density at radius 3 is 1.51 bits per heavy atom. The highest BCUT2D eigenvalue weighted by Crippen LogP contribution is 2.46. The number of hydrogen-bond acceptors (Lipinski definition) is 3. The Labute approximate surface area is 398 Å². The lowest BCUT2D eigenvalue weighted by atomic mass is 9.94. The van der Waals surface area contributed by atoms with Crippen LogP contribution in [0.2, 0.25) is 0 Å². The van der Waals surface area contributed by atoms with Crippen LogP contribution in [0.4, 0.5) is 0 Å². The van der Waals surface area contributed by atoms with E-state index < -0.39 is 6.17 Å². The van der Waals surface area contributed by atoms with Crippen LogP contribution in [0.25, 0.3) is 93.6 Å². The molecule has 1 aliphatic heterocycles. The number of para-hydroxylation sites is 6. The minimum atomic E-state index is -0.446. The van der Waals surface area contributed by atoms with Crippen LogP contribution in [-0.2, 0) is 0 Å². The van der Waals surface area contributed by atoms with Gasteiger partial charge in [0.05, 0.1) is 38.8 Å². The molecule has 1 atom stereocenters. The maximum Gasteiger partial charge on any atom is 0.159 e. The summed E-state index contributed by atoms with van der Waals surface area (Å²) in [5.74, 6) is 1.47. The predicted octanol–water partition coefficient (Wildman–Crippen LogP) is 15.1. The Kier molecular flexibility index (Phi) is 8.86. The number of aromatic nitrogens is 3. The molecule has 1 aliphatic rings. The molecular weight excluding hydrogens is 841 g/mol. The van der Waals surface area contributed by atoms with Crippen molar-refractivity contribution in [2.24, 2.45) is 9.98 Å². The minimum Gasteiger partial charge on any atom is -0.344 e. The molecule has 69 heavy (non-hydrogen) atoms. The standard InChI is InChI=1S/C63H42N6/c1-4-21-41(22-5-1)61-64-62(42-23-6-2-7-24-42)66-63(65-61)50-31-14-19-37-56(50)69-55-36-18-13-30-49(55)60-51(39-44(40-58(60)69)68-52-33-15-10-27-45(52)46-28-11-16-34-53(46)68)47-32-20-38-57-59(47)48-29-12-17-35-54(48)67(57)43-25-8-3-9-26-43/h1-40,63H,(H,64,65,66). The predicted molar refractivity (Wildman–Crippen MR) is 287 cm³/mol. The number of aliphatic imine (C=N–C) groups is 2. The summed E-state index contributed by atoms with van der Waals surface area (Å²) >= 11 is 0. The maximum atomic E-state index is 5.41. The number of amidine groups is 2. The Morgan fingerprint density at radius 1 is 0.348 bits per heavy atom. The van der Waals surface area contributed by atoms with Gasteiger partial charge in [0.25, 0.3) is 0 Å². The SMILES string of the molecule is c1ccc(C2=NC(c3ccccc3-n3c4ccccc4c4c(-c5cccc6c5c5ccccc5n6-c5ccccc5)cc(-n5c6ccccc6c6ccccc65)cc43)NC(c3ccccc3)=N2)cc1. The van der Waals surface area contributed by atoms with Crippen LogP contribution >= 0.6 is 0 Å². The van der Waals surface area contributed by atoms with Crippen molar-refractivity contribution < 1.29 is 0 Å². The van der Waals surface area contributed by atoms with Gasteiger partial charge in [-0.15, -0.1) is 0 Å². The van der Waals surface area contributed by atoms with Crippen molar-refractivity contribution in [2.75, 3.05) is 0 Å². The highest BCUT2D eigenvalue weighted by atomic mass is 15.2. The Bertz CT molecular complexity index is 4160. The largest absolute Gasteiger partial charge is 0.344 e. The molecule has 4 heterocycles. The van der Waals surface area contributed by atoms with Gasteiger partial charge in [-0.05, 0) is 71.8 Å². The van der Waals surface area contributed by atoms with Gasteiger partial charge in [0.2, 0.25) is 0 Å². The highest BCUT2D eigenvalue weighted by molar-refractivity contribution is 6.23. The summed E-state index contributed by atoms with van der Waals surface area (Å²) in [6.07, 6.45) is -0.446. The molecule has 0 saturated heterocycles. The molecule has 324 valence electrons. The molecule has 1 N–H and O–H groups in total. The van der Waals surface area contributed by atoms with Gasteiger partial charge >= 0.3 is 0 Å². The van der Waals surface area contributed by atoms with E-state index >= 15 is 0 Å². The average Bonchev–Trinajstić information content (AvgIpc) is 4.07. The quantitative estimate of drug-likeness (QED) is 0.170. The Hall–Kier alpha value is -9.26. The van der Waals surface area contributed by atoms with Crippen LogP contribution in [0.1, 0.15) is 22.9 Å². The molecule has 0 amide bonds. The Balaban J connectivity index is 1.09. The van der Waals surface area contributed by atoms with Gasteiger partial charge in [0.1, 0.15) is 12.0 Å². The van der Waals surface area contributed by atoms with Gasteiger partial charge in [-0.3, -0.25) is 0 Å². The summed E-state index contributed by atoms with van der Waals surface area (Å²) in [6, 6.07) is 87.1. The first-order chi connectivity index (χ1) is 34.3. The summed E-state index contributed by atoms with van der Waals surface area (Å²) < 4.78 is 7.34. The van der Waals surface area contributed by atoms with Crippen molar-refractivity contribution >= 4 is 77.1 Å². The molecule has 6 heteroatoms. The first-order valence-electron chi connectivity index (χ1n) is 23.5. The fourth-order valence-electron chi connectivity index (χ4n) is 11.0. The third kappa shape index (κ3) is 6.12. The van der Waals surface area contributed by atoms with E-state index in [9.17, 15) is 0 Å². The summed E-state index contributed by atoms with van der Waals surface area (Å²) in [5, 5.41) is 11.0. The van der Waals surface area contributed by atoms with Crippen molar-refractivity contribution in [3.63, 3.8) is 0 Å². The molecule has 0 fully saturated rings. The second kappa shape index (κ2) is 15.7. The zero-order valence-corrected chi connectivity index (χ0v) is 37.4. The van der Waals surface area contributed by atoms with Crippen LogP contribution < -0.4 is 5.32 Å². The molecule has 10 aromatic carbocycles. The lowest BCUT2D eigenvalue weighted by molar-refractivity contribution is 0.670. The van der Waals surface area contributed by atoms with Gasteiger partial charge in [0.15, 0.2) is 5.84 Å². The van der Waals surface area contributed by atoms with E-state index in [1.807, 2.05) is 24.3 Å². The maximum absolute atomic E-state index is 5.41. The fraction of sp³-hybridized carbons (Fsp3) is 0.0159. The normalized spacial score (nSPS) is 13.9. The fourth-order valence-corrected chi connectivity index (χ4v) is 11.0. The number of benzene rings is 10. The van der Waals surface area contributed by atoms with Gasteiger partial charge in [-0.25, -0.2) is 9.98 Å². The molecule has 13 aromatic rings. The lowest BCUT2D eigenvalue weighted by Crippen LogP contribution is -2.34. The van der Waals surface area contributed by atoms with E-state index in [2.05, 4.69) is 237 Å². The summed E-state index contributed by atoms with van der Waals surface area (Å²) in [7, 11) is 0. The van der Waals surface area contributed by atoms with Crippen LogP contribution in [0, 0.1) is 0 Å². The zero-order valence-electron chi connectivity index (χ0n) is 37.4. The summed E-state index contributed by atoms with van der Waals surface area (Å²) in [4.78, 5) is 10.5. The smallest absolute Gasteiger partial charge is 0.159 e. The summed E-state index contributed by atoms with van der Waals surface area (Å²) in [5.41, 5.74) is 15.5. The highest BCUT2D eigenvalue weighted by Gasteiger charge is 2.27. The van der Waals surface area contributed by atoms with E-state index in [1.165, 1.54) is 43.4 Å². The first-order valence-corrected chi connectivity index (χ1v) is 23.5. The van der Waals surface area contributed by atoms with Crippen molar-refractivity contribution in [1.29, 1.82) is 0 Å². The molecule has 0 spiro atoms. The van der Waals surface area contributed by atoms with Crippen LogP contribution in [0.15, 0.2) is 253 Å². The van der Waals surface area contributed by atoms with Crippen LogP contribution in [0.5, 0.6) is 0 Å².